The topological polar surface area (TPSA) is 36.9 Å². The molecule has 1 N–H and O–H groups in total. The molecule has 1 aromatic rings. The van der Waals surface area contributed by atoms with Crippen LogP contribution in [0, 0.1) is 0 Å². The molecule has 0 radical (unpaired) electrons. The van der Waals surface area contributed by atoms with Crippen LogP contribution in [0.4, 0.5) is 0 Å². The molecule has 124 valence electrons. The van der Waals surface area contributed by atoms with Crippen molar-refractivity contribution in [3.8, 4) is 5.75 Å². The molecule has 0 fully saturated rings. The van der Waals surface area contributed by atoms with E-state index in [1.54, 1.807) is 7.05 Å². The Balaban J connectivity index is 2.23. The Hall–Kier alpha value is -1.07. The quantitative estimate of drug-likeness (QED) is 0.424. The molecule has 1 aromatic carbocycles. The van der Waals surface area contributed by atoms with Gasteiger partial charge in [0.25, 0.3) is 0 Å². The predicted octanol–water partition coefficient (Wildman–Crippen LogP) is 3.37. The number of hydrogen-bond donors (Lipinski definition) is 1. The summed E-state index contributed by atoms with van der Waals surface area (Å²) >= 11 is 7.74. The molecular weight excluding hydrogens is 318 g/mol. The Bertz CT molecular complexity index is 440. The molecule has 0 saturated heterocycles. The smallest absolute Gasteiger partial charge is 0.193 e. The second kappa shape index (κ2) is 11.5. The number of ether oxygens (including phenoxy) is 1. The van der Waals surface area contributed by atoms with Gasteiger partial charge in [-0.3, -0.25) is 4.99 Å². The molecule has 1 rings (SSSR count). The Morgan fingerprint density at radius 2 is 2.05 bits per heavy atom. The molecule has 6 heteroatoms. The van der Waals surface area contributed by atoms with Crippen molar-refractivity contribution in [3.63, 3.8) is 0 Å². The average Bonchev–Trinajstić information content (AvgIpc) is 2.52. The number of aliphatic imine (C=N–C) groups is 1. The lowest BCUT2D eigenvalue weighted by atomic mass is 10.3. The van der Waals surface area contributed by atoms with Crippen LogP contribution < -0.4 is 10.1 Å². The molecule has 0 bridgehead atoms. The molecule has 0 unspecified atom stereocenters. The number of hydrogen-bond acceptors (Lipinski definition) is 3. The lowest BCUT2D eigenvalue weighted by Gasteiger charge is -2.22. The third-order valence-electron chi connectivity index (χ3n) is 3.14. The third kappa shape index (κ3) is 7.80. The third-order valence-corrected chi connectivity index (χ3v) is 4.09. The molecule has 22 heavy (non-hydrogen) atoms. The minimum atomic E-state index is 0.602. The summed E-state index contributed by atoms with van der Waals surface area (Å²) in [5.74, 6) is 2.95. The van der Waals surface area contributed by atoms with Gasteiger partial charge in [-0.1, -0.05) is 11.6 Å². The second-order valence-electron chi connectivity index (χ2n) is 4.90. The first-order valence-electron chi connectivity index (χ1n) is 7.46. The van der Waals surface area contributed by atoms with Crippen molar-refractivity contribution in [3.05, 3.63) is 29.3 Å². The maximum Gasteiger partial charge on any atom is 0.193 e. The van der Waals surface area contributed by atoms with Crippen LogP contribution in [0.25, 0.3) is 0 Å². The molecule has 0 aliphatic rings. The first kappa shape index (κ1) is 19.0. The largest absolute Gasteiger partial charge is 0.492 e. The fraction of sp³-hybridized carbons (Fsp3) is 0.562. The zero-order chi connectivity index (χ0) is 16.2. The molecule has 0 heterocycles. The second-order valence-corrected chi connectivity index (χ2v) is 6.32. The van der Waals surface area contributed by atoms with Crippen LogP contribution >= 0.6 is 23.4 Å². The van der Waals surface area contributed by atoms with Gasteiger partial charge < -0.3 is 15.0 Å². The minimum absolute atomic E-state index is 0.602. The maximum atomic E-state index is 5.85. The highest BCUT2D eigenvalue weighted by Crippen LogP contribution is 2.15. The van der Waals surface area contributed by atoms with E-state index < -0.39 is 0 Å². The van der Waals surface area contributed by atoms with Gasteiger partial charge in [0, 0.05) is 25.7 Å². The number of likely N-dealkylation sites (N-methyl/N-ethyl adjacent to an activating group) is 1. The zero-order valence-corrected chi connectivity index (χ0v) is 15.2. The van der Waals surface area contributed by atoms with Gasteiger partial charge in [-0.2, -0.15) is 11.8 Å². The van der Waals surface area contributed by atoms with Crippen molar-refractivity contribution in [1.82, 2.24) is 10.2 Å². The number of nitrogens with zero attached hydrogens (tertiary/aromatic N) is 2. The highest BCUT2D eigenvalue weighted by molar-refractivity contribution is 7.98. The summed E-state index contributed by atoms with van der Waals surface area (Å²) in [6.07, 6.45) is 4.53. The van der Waals surface area contributed by atoms with Crippen molar-refractivity contribution in [2.24, 2.45) is 4.99 Å². The van der Waals surface area contributed by atoms with Crippen LogP contribution in [0.2, 0.25) is 5.02 Å². The van der Waals surface area contributed by atoms with Crippen LogP contribution in [0.3, 0.4) is 0 Å². The van der Waals surface area contributed by atoms with Crippen LogP contribution in [0.1, 0.15) is 12.8 Å². The maximum absolute atomic E-state index is 5.85. The van der Waals surface area contributed by atoms with Gasteiger partial charge >= 0.3 is 0 Å². The van der Waals surface area contributed by atoms with Gasteiger partial charge in [-0.05, 0) is 49.1 Å². The summed E-state index contributed by atoms with van der Waals surface area (Å²) in [5, 5.41) is 4.10. The first-order valence-corrected chi connectivity index (χ1v) is 9.23. The predicted molar refractivity (Wildman–Crippen MR) is 98.6 cm³/mol. The summed E-state index contributed by atoms with van der Waals surface area (Å²) in [7, 11) is 3.82. The fourth-order valence-corrected chi connectivity index (χ4v) is 2.51. The van der Waals surface area contributed by atoms with Crippen LogP contribution in [-0.2, 0) is 0 Å². The van der Waals surface area contributed by atoms with E-state index in [-0.39, 0.29) is 0 Å². The zero-order valence-electron chi connectivity index (χ0n) is 13.6. The highest BCUT2D eigenvalue weighted by Gasteiger charge is 2.05. The van der Waals surface area contributed by atoms with Gasteiger partial charge in [0.05, 0.1) is 6.54 Å². The molecule has 0 atom stereocenters. The molecule has 0 spiro atoms. The lowest BCUT2D eigenvalue weighted by molar-refractivity contribution is 0.281. The van der Waals surface area contributed by atoms with E-state index in [1.807, 2.05) is 43.1 Å². The van der Waals surface area contributed by atoms with E-state index in [2.05, 4.69) is 21.5 Å². The Kier molecular flexibility index (Phi) is 9.91. The normalized spacial score (nSPS) is 11.4. The molecule has 0 aliphatic carbocycles. The molecule has 4 nitrogen and oxygen atoms in total. The molecule has 0 saturated carbocycles. The summed E-state index contributed by atoms with van der Waals surface area (Å²) in [4.78, 5) is 6.37. The summed E-state index contributed by atoms with van der Waals surface area (Å²) < 4.78 is 5.70. The number of benzene rings is 1. The highest BCUT2D eigenvalue weighted by atomic mass is 35.5. The van der Waals surface area contributed by atoms with Crippen LogP contribution in [0.5, 0.6) is 5.75 Å². The molecule has 0 aromatic heterocycles. The Morgan fingerprint density at radius 3 is 2.68 bits per heavy atom. The average molecular weight is 344 g/mol. The van der Waals surface area contributed by atoms with Gasteiger partial charge in [0.2, 0.25) is 0 Å². The van der Waals surface area contributed by atoms with Gasteiger partial charge in [0.15, 0.2) is 5.96 Å². The van der Waals surface area contributed by atoms with Crippen molar-refractivity contribution in [1.29, 1.82) is 0 Å². The number of rotatable bonds is 9. The summed E-state index contributed by atoms with van der Waals surface area (Å²) in [5.41, 5.74) is 0. The Labute approximate surface area is 143 Å². The monoisotopic (exact) mass is 343 g/mol. The van der Waals surface area contributed by atoms with Crippen molar-refractivity contribution in [2.75, 3.05) is 45.8 Å². The van der Waals surface area contributed by atoms with Crippen LogP contribution in [0.15, 0.2) is 29.3 Å². The van der Waals surface area contributed by atoms with Gasteiger partial charge in [-0.15, -0.1) is 0 Å². The summed E-state index contributed by atoms with van der Waals surface area (Å²) in [6.45, 7) is 2.33. The molecular formula is C16H26ClN3OS. The lowest BCUT2D eigenvalue weighted by Crippen LogP contribution is -2.41. The van der Waals surface area contributed by atoms with E-state index in [9.17, 15) is 0 Å². The van der Waals surface area contributed by atoms with Gasteiger partial charge in [0.1, 0.15) is 12.4 Å². The standard InChI is InChI=1S/C16H26ClN3OS/c1-18-16(19-10-4-5-13-22-3)20(2)11-12-21-15-8-6-14(17)7-9-15/h6-9H,4-5,10-13H2,1-3H3,(H,18,19). The Morgan fingerprint density at radius 1 is 1.32 bits per heavy atom. The van der Waals surface area contributed by atoms with E-state index in [0.29, 0.717) is 6.61 Å². The fourth-order valence-electron chi connectivity index (χ4n) is 1.89. The number of unbranched alkanes of at least 4 members (excludes halogenated alkanes) is 1. The summed E-state index contributed by atoms with van der Waals surface area (Å²) in [6, 6.07) is 7.41. The number of guanidine groups is 1. The van der Waals surface area contributed by atoms with Crippen molar-refractivity contribution < 1.29 is 4.74 Å². The van der Waals surface area contributed by atoms with E-state index in [4.69, 9.17) is 16.3 Å². The number of halogens is 1. The van der Waals surface area contributed by atoms with Gasteiger partial charge in [-0.25, -0.2) is 0 Å². The van der Waals surface area contributed by atoms with E-state index in [1.165, 1.54) is 12.2 Å². The number of nitrogens with one attached hydrogen (secondary N) is 1. The number of thioether (sulfide) groups is 1. The minimum Gasteiger partial charge on any atom is -0.492 e. The molecule has 0 amide bonds. The first-order chi connectivity index (χ1) is 10.7. The van der Waals surface area contributed by atoms with Crippen molar-refractivity contribution >= 4 is 29.3 Å². The van der Waals surface area contributed by atoms with Crippen LogP contribution in [-0.4, -0.2) is 56.7 Å². The van der Waals surface area contributed by atoms with E-state index in [0.717, 1.165) is 36.2 Å². The molecule has 0 aliphatic heterocycles. The SMILES string of the molecule is CN=C(NCCCCSC)N(C)CCOc1ccc(Cl)cc1. The van der Waals surface area contributed by atoms with E-state index >= 15 is 0 Å². The van der Waals surface area contributed by atoms with Crippen molar-refractivity contribution in [2.45, 2.75) is 12.8 Å².